The summed E-state index contributed by atoms with van der Waals surface area (Å²) in [7, 11) is 0. The van der Waals surface area contributed by atoms with Crippen molar-refractivity contribution < 1.29 is 4.74 Å². The quantitative estimate of drug-likeness (QED) is 0.826. The summed E-state index contributed by atoms with van der Waals surface area (Å²) < 4.78 is 6.10. The Morgan fingerprint density at radius 1 is 1.24 bits per heavy atom. The summed E-state index contributed by atoms with van der Waals surface area (Å²) in [6.45, 7) is 0. The molecule has 0 spiro atoms. The first-order chi connectivity index (χ1) is 8.24. The molecule has 2 aliphatic rings. The van der Waals surface area contributed by atoms with Gasteiger partial charge in [0.15, 0.2) is 0 Å². The number of halogens is 1. The molecule has 2 N–H and O–H groups in total. The van der Waals surface area contributed by atoms with Crippen LogP contribution in [0.2, 0.25) is 5.02 Å². The fourth-order valence-electron chi connectivity index (χ4n) is 3.12. The maximum atomic E-state index is 6.23. The number of ether oxygens (including phenoxy) is 1. The van der Waals surface area contributed by atoms with Crippen LogP contribution in [-0.2, 0) is 0 Å². The zero-order valence-corrected chi connectivity index (χ0v) is 10.6. The lowest BCUT2D eigenvalue weighted by Gasteiger charge is -2.33. The average Bonchev–Trinajstić information content (AvgIpc) is 2.83. The van der Waals surface area contributed by atoms with E-state index in [9.17, 15) is 0 Å². The highest BCUT2D eigenvalue weighted by molar-refractivity contribution is 6.30. The molecule has 1 aromatic carbocycles. The molecule has 1 fully saturated rings. The molecule has 1 heterocycles. The summed E-state index contributed by atoms with van der Waals surface area (Å²) in [6, 6.07) is 5.85. The molecule has 2 atom stereocenters. The molecule has 1 aromatic rings. The number of nitrogens with two attached hydrogens (primary N) is 1. The molecule has 0 radical (unpaired) electrons. The Morgan fingerprint density at radius 3 is 2.76 bits per heavy atom. The van der Waals surface area contributed by atoms with Gasteiger partial charge in [-0.15, -0.1) is 0 Å². The van der Waals surface area contributed by atoms with Crippen LogP contribution < -0.4 is 10.5 Å². The SMILES string of the molecule is NC1CC(C2CCCC2)Oc2ccc(Cl)cc21. The van der Waals surface area contributed by atoms with E-state index >= 15 is 0 Å². The second-order valence-electron chi connectivity index (χ2n) is 5.23. The number of hydrogen-bond donors (Lipinski definition) is 1. The van der Waals surface area contributed by atoms with E-state index in [0.29, 0.717) is 12.0 Å². The monoisotopic (exact) mass is 251 g/mol. The molecule has 3 rings (SSSR count). The number of rotatable bonds is 1. The van der Waals surface area contributed by atoms with Crippen molar-refractivity contribution in [3.63, 3.8) is 0 Å². The van der Waals surface area contributed by atoms with Crippen LogP contribution in [0.25, 0.3) is 0 Å². The summed E-state index contributed by atoms with van der Waals surface area (Å²) >= 11 is 5.99. The van der Waals surface area contributed by atoms with Gasteiger partial charge in [-0.2, -0.15) is 0 Å². The van der Waals surface area contributed by atoms with Gasteiger partial charge in [-0.05, 0) is 37.0 Å². The van der Waals surface area contributed by atoms with Crippen molar-refractivity contribution in [3.8, 4) is 5.75 Å². The van der Waals surface area contributed by atoms with E-state index < -0.39 is 0 Å². The highest BCUT2D eigenvalue weighted by atomic mass is 35.5. The average molecular weight is 252 g/mol. The molecule has 3 heteroatoms. The molecular formula is C14H18ClNO. The predicted octanol–water partition coefficient (Wildman–Crippen LogP) is 3.68. The van der Waals surface area contributed by atoms with E-state index in [0.717, 1.165) is 22.8 Å². The van der Waals surface area contributed by atoms with Crippen LogP contribution in [0.5, 0.6) is 5.75 Å². The third-order valence-electron chi connectivity index (χ3n) is 4.06. The summed E-state index contributed by atoms with van der Waals surface area (Å²) in [5, 5.41) is 0.738. The molecule has 2 nitrogen and oxygen atoms in total. The Kier molecular flexibility index (Phi) is 3.01. The minimum Gasteiger partial charge on any atom is -0.490 e. The summed E-state index contributed by atoms with van der Waals surface area (Å²) in [5.74, 6) is 1.63. The van der Waals surface area contributed by atoms with E-state index in [4.69, 9.17) is 22.1 Å². The van der Waals surface area contributed by atoms with E-state index in [1.165, 1.54) is 25.7 Å². The fourth-order valence-corrected chi connectivity index (χ4v) is 3.30. The van der Waals surface area contributed by atoms with E-state index in [-0.39, 0.29) is 6.04 Å². The normalized spacial score (nSPS) is 28.8. The Morgan fingerprint density at radius 2 is 2.00 bits per heavy atom. The minimum absolute atomic E-state index is 0.0723. The smallest absolute Gasteiger partial charge is 0.124 e. The van der Waals surface area contributed by atoms with Gasteiger partial charge in [0.05, 0.1) is 0 Å². The van der Waals surface area contributed by atoms with Crippen molar-refractivity contribution in [2.45, 2.75) is 44.2 Å². The van der Waals surface area contributed by atoms with Gasteiger partial charge < -0.3 is 10.5 Å². The molecule has 1 aliphatic carbocycles. The summed E-state index contributed by atoms with van der Waals surface area (Å²) in [4.78, 5) is 0. The van der Waals surface area contributed by atoms with Crippen LogP contribution in [0.3, 0.4) is 0 Å². The van der Waals surface area contributed by atoms with Crippen molar-refractivity contribution in [1.82, 2.24) is 0 Å². The Bertz CT molecular complexity index is 415. The predicted molar refractivity (Wildman–Crippen MR) is 69.4 cm³/mol. The van der Waals surface area contributed by atoms with E-state index in [1.807, 2.05) is 18.2 Å². The van der Waals surface area contributed by atoms with Gasteiger partial charge in [-0.25, -0.2) is 0 Å². The first kappa shape index (κ1) is 11.4. The van der Waals surface area contributed by atoms with Crippen molar-refractivity contribution in [3.05, 3.63) is 28.8 Å². The van der Waals surface area contributed by atoms with Crippen LogP contribution in [0.1, 0.15) is 43.7 Å². The van der Waals surface area contributed by atoms with Crippen molar-refractivity contribution in [1.29, 1.82) is 0 Å². The van der Waals surface area contributed by atoms with Gasteiger partial charge in [0.2, 0.25) is 0 Å². The topological polar surface area (TPSA) is 35.2 Å². The molecule has 0 aromatic heterocycles. The number of benzene rings is 1. The van der Waals surface area contributed by atoms with Gasteiger partial charge >= 0.3 is 0 Å². The Hall–Kier alpha value is -0.730. The van der Waals surface area contributed by atoms with Crippen LogP contribution >= 0.6 is 11.6 Å². The van der Waals surface area contributed by atoms with Crippen LogP contribution in [0.15, 0.2) is 18.2 Å². The van der Waals surface area contributed by atoms with Crippen LogP contribution in [0, 0.1) is 5.92 Å². The zero-order chi connectivity index (χ0) is 11.8. The highest BCUT2D eigenvalue weighted by Gasteiger charge is 2.33. The molecular weight excluding hydrogens is 234 g/mol. The van der Waals surface area contributed by atoms with Crippen molar-refractivity contribution in [2.24, 2.45) is 11.7 Å². The Balaban J connectivity index is 1.84. The Labute approximate surface area is 107 Å². The van der Waals surface area contributed by atoms with E-state index in [2.05, 4.69) is 0 Å². The second kappa shape index (κ2) is 4.51. The lowest BCUT2D eigenvalue weighted by molar-refractivity contribution is 0.102. The van der Waals surface area contributed by atoms with Gasteiger partial charge in [0.25, 0.3) is 0 Å². The maximum absolute atomic E-state index is 6.23. The van der Waals surface area contributed by atoms with Gasteiger partial charge in [-0.1, -0.05) is 24.4 Å². The zero-order valence-electron chi connectivity index (χ0n) is 9.86. The molecule has 0 amide bonds. The third kappa shape index (κ3) is 2.16. The molecule has 0 saturated heterocycles. The fraction of sp³-hybridized carbons (Fsp3) is 0.571. The first-order valence-corrected chi connectivity index (χ1v) is 6.83. The largest absolute Gasteiger partial charge is 0.490 e. The van der Waals surface area contributed by atoms with Crippen molar-refractivity contribution in [2.75, 3.05) is 0 Å². The third-order valence-corrected chi connectivity index (χ3v) is 4.30. The lowest BCUT2D eigenvalue weighted by atomic mass is 9.89. The van der Waals surface area contributed by atoms with Crippen LogP contribution in [-0.4, -0.2) is 6.10 Å². The second-order valence-corrected chi connectivity index (χ2v) is 5.66. The van der Waals surface area contributed by atoms with E-state index in [1.54, 1.807) is 0 Å². The van der Waals surface area contributed by atoms with Crippen molar-refractivity contribution >= 4 is 11.6 Å². The highest BCUT2D eigenvalue weighted by Crippen LogP contribution is 2.40. The van der Waals surface area contributed by atoms with Gasteiger partial charge in [0.1, 0.15) is 11.9 Å². The maximum Gasteiger partial charge on any atom is 0.124 e. The molecule has 17 heavy (non-hydrogen) atoms. The van der Waals surface area contributed by atoms with Gasteiger partial charge in [0, 0.05) is 23.0 Å². The number of fused-ring (bicyclic) bond motifs is 1. The van der Waals surface area contributed by atoms with Gasteiger partial charge in [-0.3, -0.25) is 0 Å². The number of hydrogen-bond acceptors (Lipinski definition) is 2. The minimum atomic E-state index is 0.0723. The summed E-state index contributed by atoms with van der Waals surface area (Å²) in [6.07, 6.45) is 6.50. The van der Waals surface area contributed by atoms with Crippen LogP contribution in [0.4, 0.5) is 0 Å². The molecule has 1 saturated carbocycles. The first-order valence-electron chi connectivity index (χ1n) is 6.46. The molecule has 2 unspecified atom stereocenters. The standard InChI is InChI=1S/C14H18ClNO/c15-10-5-6-13-11(7-10)12(16)8-14(17-13)9-3-1-2-4-9/h5-7,9,12,14H,1-4,8,16H2. The summed E-state index contributed by atoms with van der Waals surface area (Å²) in [5.41, 5.74) is 7.30. The molecule has 92 valence electrons. The molecule has 0 bridgehead atoms. The lowest BCUT2D eigenvalue weighted by Crippen LogP contribution is -2.34. The molecule has 1 aliphatic heterocycles.